The van der Waals surface area contributed by atoms with Crippen LogP contribution in [0.5, 0.6) is 0 Å². The summed E-state index contributed by atoms with van der Waals surface area (Å²) in [7, 11) is 0. The summed E-state index contributed by atoms with van der Waals surface area (Å²) in [5.41, 5.74) is 7.56. The fourth-order valence-corrected chi connectivity index (χ4v) is 4.55. The summed E-state index contributed by atoms with van der Waals surface area (Å²) in [6.07, 6.45) is 5.55. The summed E-state index contributed by atoms with van der Waals surface area (Å²) in [5.74, 6) is -0.373. The average Bonchev–Trinajstić information content (AvgIpc) is 2.97. The molecule has 0 bridgehead atoms. The number of nitrogens with zero attached hydrogens (tertiary/aromatic N) is 1. The van der Waals surface area contributed by atoms with Gasteiger partial charge in [-0.15, -0.1) is 11.3 Å². The Balaban J connectivity index is 1.76. The molecule has 140 valence electrons. The van der Waals surface area contributed by atoms with Gasteiger partial charge in [-0.05, 0) is 54.5 Å². The molecular formula is C19H19N3O4S. The molecular weight excluding hydrogens is 366 g/mol. The molecule has 27 heavy (non-hydrogen) atoms. The number of nitrogens with one attached hydrogen (secondary N) is 1. The van der Waals surface area contributed by atoms with E-state index in [0.29, 0.717) is 22.0 Å². The summed E-state index contributed by atoms with van der Waals surface area (Å²) in [4.78, 5) is 35.4. The Kier molecular flexibility index (Phi) is 5.36. The number of nitro groups is 1. The van der Waals surface area contributed by atoms with Crippen molar-refractivity contribution in [1.29, 1.82) is 0 Å². The van der Waals surface area contributed by atoms with E-state index in [4.69, 9.17) is 5.73 Å². The van der Waals surface area contributed by atoms with E-state index in [2.05, 4.69) is 12.2 Å². The summed E-state index contributed by atoms with van der Waals surface area (Å²) in [5, 5.41) is 13.9. The van der Waals surface area contributed by atoms with Gasteiger partial charge in [0.2, 0.25) is 5.91 Å². The molecule has 0 spiro atoms. The topological polar surface area (TPSA) is 115 Å². The van der Waals surface area contributed by atoms with E-state index >= 15 is 0 Å². The predicted molar refractivity (Wildman–Crippen MR) is 105 cm³/mol. The number of hydrogen-bond donors (Lipinski definition) is 2. The minimum Gasteiger partial charge on any atom is -0.365 e. The molecule has 0 saturated heterocycles. The molecule has 1 aromatic carbocycles. The largest absolute Gasteiger partial charge is 0.365 e. The number of carbonyl (C=O) groups excluding carboxylic acids is 2. The molecule has 2 amide bonds. The first-order valence-electron chi connectivity index (χ1n) is 8.53. The SMILES string of the molecule is CC1CCc2c(sc(NC(=O)C=Cc3ccc([N+](=O)[O-])cc3)c2C(N)=O)C1. The van der Waals surface area contributed by atoms with Gasteiger partial charge in [0, 0.05) is 23.1 Å². The van der Waals surface area contributed by atoms with Crippen molar-refractivity contribution in [3.8, 4) is 0 Å². The van der Waals surface area contributed by atoms with Crippen LogP contribution in [-0.4, -0.2) is 16.7 Å². The number of amides is 2. The molecule has 0 radical (unpaired) electrons. The number of fused-ring (bicyclic) bond motifs is 1. The molecule has 3 N–H and O–H groups in total. The van der Waals surface area contributed by atoms with Gasteiger partial charge < -0.3 is 11.1 Å². The number of non-ortho nitro benzene ring substituents is 1. The van der Waals surface area contributed by atoms with Crippen LogP contribution in [0.4, 0.5) is 10.7 Å². The van der Waals surface area contributed by atoms with Crippen LogP contribution in [0, 0.1) is 16.0 Å². The maximum absolute atomic E-state index is 12.3. The number of nitro benzene ring substituents is 1. The zero-order valence-electron chi connectivity index (χ0n) is 14.7. The van der Waals surface area contributed by atoms with Crippen LogP contribution in [0.25, 0.3) is 6.08 Å². The van der Waals surface area contributed by atoms with Gasteiger partial charge in [0.1, 0.15) is 5.00 Å². The van der Waals surface area contributed by atoms with Crippen LogP contribution < -0.4 is 11.1 Å². The summed E-state index contributed by atoms with van der Waals surface area (Å²) in [6.45, 7) is 2.16. The highest BCUT2D eigenvalue weighted by Crippen LogP contribution is 2.39. The Morgan fingerprint density at radius 2 is 2.04 bits per heavy atom. The van der Waals surface area contributed by atoms with Gasteiger partial charge in [0.05, 0.1) is 10.5 Å². The predicted octanol–water partition coefficient (Wildman–Crippen LogP) is 3.53. The molecule has 7 nitrogen and oxygen atoms in total. The van der Waals surface area contributed by atoms with Crippen LogP contribution in [0.15, 0.2) is 30.3 Å². The molecule has 0 saturated carbocycles. The first-order valence-corrected chi connectivity index (χ1v) is 9.34. The summed E-state index contributed by atoms with van der Waals surface area (Å²) >= 11 is 1.41. The van der Waals surface area contributed by atoms with Crippen molar-refractivity contribution in [3.63, 3.8) is 0 Å². The first kappa shape index (κ1) is 18.8. The highest BCUT2D eigenvalue weighted by Gasteiger charge is 2.26. The first-order chi connectivity index (χ1) is 12.8. The maximum Gasteiger partial charge on any atom is 0.269 e. The zero-order chi connectivity index (χ0) is 19.6. The van der Waals surface area contributed by atoms with E-state index < -0.39 is 10.8 Å². The standard InChI is InChI=1S/C19H19N3O4S/c1-11-2-8-14-15(10-11)27-19(17(14)18(20)24)21-16(23)9-5-12-3-6-13(7-4-12)22(25)26/h3-7,9,11H,2,8,10H2,1H3,(H2,20,24)(H,21,23). The lowest BCUT2D eigenvalue weighted by atomic mass is 9.88. The van der Waals surface area contributed by atoms with Crippen LogP contribution in [0.1, 0.15) is 39.7 Å². The fourth-order valence-electron chi connectivity index (χ4n) is 3.13. The molecule has 8 heteroatoms. The quantitative estimate of drug-likeness (QED) is 0.465. The number of rotatable bonds is 5. The van der Waals surface area contributed by atoms with Gasteiger partial charge in [-0.1, -0.05) is 6.92 Å². The van der Waals surface area contributed by atoms with E-state index in [0.717, 1.165) is 29.7 Å². The third-order valence-corrected chi connectivity index (χ3v) is 5.70. The Labute approximate surface area is 160 Å². The molecule has 1 atom stereocenters. The van der Waals surface area contributed by atoms with Crippen LogP contribution in [0.3, 0.4) is 0 Å². The lowest BCUT2D eigenvalue weighted by Gasteiger charge is -2.18. The molecule has 1 unspecified atom stereocenters. The van der Waals surface area contributed by atoms with Gasteiger partial charge in [-0.25, -0.2) is 0 Å². The Hall–Kier alpha value is -3.00. The van der Waals surface area contributed by atoms with Crippen molar-refractivity contribution in [2.24, 2.45) is 11.7 Å². The van der Waals surface area contributed by atoms with E-state index in [9.17, 15) is 19.7 Å². The minimum atomic E-state index is -0.531. The molecule has 1 aromatic heterocycles. The molecule has 1 aliphatic rings. The Morgan fingerprint density at radius 3 is 2.67 bits per heavy atom. The Morgan fingerprint density at radius 1 is 1.33 bits per heavy atom. The third-order valence-electron chi connectivity index (χ3n) is 4.53. The number of primary amides is 1. The summed E-state index contributed by atoms with van der Waals surface area (Å²) in [6, 6.07) is 5.86. The second kappa shape index (κ2) is 7.71. The minimum absolute atomic E-state index is 0.0129. The average molecular weight is 385 g/mol. The number of hydrogen-bond acceptors (Lipinski definition) is 5. The molecule has 2 aromatic rings. The van der Waals surface area contributed by atoms with E-state index in [1.807, 2.05) is 0 Å². The van der Waals surface area contributed by atoms with Crippen molar-refractivity contribution in [2.75, 3.05) is 5.32 Å². The smallest absolute Gasteiger partial charge is 0.269 e. The third kappa shape index (κ3) is 4.22. The molecule has 1 heterocycles. The lowest BCUT2D eigenvalue weighted by Crippen LogP contribution is -2.18. The van der Waals surface area contributed by atoms with Gasteiger partial charge in [-0.2, -0.15) is 0 Å². The summed E-state index contributed by atoms with van der Waals surface area (Å²) < 4.78 is 0. The molecule has 3 rings (SSSR count). The van der Waals surface area contributed by atoms with Crippen LogP contribution >= 0.6 is 11.3 Å². The lowest BCUT2D eigenvalue weighted by molar-refractivity contribution is -0.384. The van der Waals surface area contributed by atoms with Crippen molar-refractivity contribution in [2.45, 2.75) is 26.2 Å². The number of carbonyl (C=O) groups is 2. The van der Waals surface area contributed by atoms with Gasteiger partial charge in [0.25, 0.3) is 11.6 Å². The monoisotopic (exact) mass is 385 g/mol. The van der Waals surface area contributed by atoms with Crippen molar-refractivity contribution >= 4 is 39.9 Å². The van der Waals surface area contributed by atoms with E-state index in [1.165, 1.54) is 29.5 Å². The second-order valence-electron chi connectivity index (χ2n) is 6.59. The highest BCUT2D eigenvalue weighted by molar-refractivity contribution is 7.17. The zero-order valence-corrected chi connectivity index (χ0v) is 15.5. The Bertz CT molecular complexity index is 931. The van der Waals surface area contributed by atoms with Crippen LogP contribution in [0.2, 0.25) is 0 Å². The van der Waals surface area contributed by atoms with Gasteiger partial charge in [0.15, 0.2) is 0 Å². The molecule has 0 aliphatic heterocycles. The van der Waals surface area contributed by atoms with Gasteiger partial charge in [-0.3, -0.25) is 19.7 Å². The number of anilines is 1. The molecule has 1 aliphatic carbocycles. The normalized spacial score (nSPS) is 16.1. The van der Waals surface area contributed by atoms with Crippen molar-refractivity contribution in [3.05, 3.63) is 62.0 Å². The van der Waals surface area contributed by atoms with Crippen molar-refractivity contribution < 1.29 is 14.5 Å². The second-order valence-corrected chi connectivity index (χ2v) is 7.70. The van der Waals surface area contributed by atoms with Crippen LogP contribution in [-0.2, 0) is 17.6 Å². The van der Waals surface area contributed by atoms with E-state index in [-0.39, 0.29) is 11.6 Å². The van der Waals surface area contributed by atoms with E-state index in [1.54, 1.807) is 18.2 Å². The number of nitrogens with two attached hydrogens (primary N) is 1. The highest BCUT2D eigenvalue weighted by atomic mass is 32.1. The maximum atomic E-state index is 12.3. The van der Waals surface area contributed by atoms with Gasteiger partial charge >= 0.3 is 0 Å². The number of benzene rings is 1. The molecule has 0 fully saturated rings. The van der Waals surface area contributed by atoms with Crippen molar-refractivity contribution in [1.82, 2.24) is 0 Å². The fraction of sp³-hybridized carbons (Fsp3) is 0.263. The number of thiophene rings is 1.